The second-order valence-electron chi connectivity index (χ2n) is 10.3. The molecule has 190 valence electrons. The molecule has 36 heavy (non-hydrogen) atoms. The highest BCUT2D eigenvalue weighted by molar-refractivity contribution is 5.87. The number of rotatable bonds is 8. The fourth-order valence-corrected chi connectivity index (χ4v) is 4.84. The number of likely N-dealkylation sites (tertiary alicyclic amines) is 1. The number of fused-ring (bicyclic) bond motifs is 1. The number of aromatic nitrogens is 2. The minimum Gasteiger partial charge on any atom is -0.490 e. The summed E-state index contributed by atoms with van der Waals surface area (Å²) in [4.78, 5) is 2.34. The van der Waals surface area contributed by atoms with Crippen LogP contribution < -0.4 is 4.74 Å². The van der Waals surface area contributed by atoms with Gasteiger partial charge in [0.15, 0.2) is 5.76 Å². The normalized spacial score (nSPS) is 16.2. The third-order valence-electron chi connectivity index (χ3n) is 7.16. The number of benzene rings is 2. The highest BCUT2D eigenvalue weighted by Crippen LogP contribution is 2.34. The Labute approximate surface area is 212 Å². The van der Waals surface area contributed by atoms with Gasteiger partial charge in [-0.2, -0.15) is 0 Å². The molecule has 7 heteroatoms. The Balaban J connectivity index is 1.16. The minimum atomic E-state index is -0.575. The monoisotopic (exact) mass is 489 g/mol. The third kappa shape index (κ3) is 5.32. The summed E-state index contributed by atoms with van der Waals surface area (Å²) in [6, 6.07) is 14.3. The number of aliphatic hydroxyl groups excluding tert-OH is 1. The third-order valence-corrected chi connectivity index (χ3v) is 7.16. The zero-order valence-electron chi connectivity index (χ0n) is 21.5. The smallest absolute Gasteiger partial charge is 0.283 e. The Morgan fingerprint density at radius 2 is 1.83 bits per heavy atom. The molecule has 0 bridgehead atoms. The highest BCUT2D eigenvalue weighted by Gasteiger charge is 2.23. The molecule has 3 heterocycles. The molecule has 2 aromatic heterocycles. The number of ether oxygens (including phenoxy) is 1. The molecule has 4 aromatic rings. The van der Waals surface area contributed by atoms with Crippen LogP contribution in [0.2, 0.25) is 0 Å². The van der Waals surface area contributed by atoms with Gasteiger partial charge in [-0.25, -0.2) is 0 Å². The Morgan fingerprint density at radius 3 is 2.56 bits per heavy atom. The van der Waals surface area contributed by atoms with Crippen molar-refractivity contribution >= 4 is 11.0 Å². The average Bonchev–Trinajstić information content (AvgIpc) is 3.53. The van der Waals surface area contributed by atoms with Gasteiger partial charge >= 0.3 is 0 Å². The lowest BCUT2D eigenvalue weighted by atomic mass is 9.88. The SMILES string of the molecule is Cc1ccc(C2CCN(CC(O)COc3cccc4oc(-c5nnc(C(C)C)o5)cc34)CC2)cc1C. The molecule has 7 nitrogen and oxygen atoms in total. The first-order chi connectivity index (χ1) is 17.4. The van der Waals surface area contributed by atoms with Gasteiger partial charge in [-0.1, -0.05) is 38.1 Å². The number of aliphatic hydroxyl groups is 1. The first-order valence-electron chi connectivity index (χ1n) is 12.8. The van der Waals surface area contributed by atoms with E-state index in [0.717, 1.165) is 31.3 Å². The molecule has 5 rings (SSSR count). The van der Waals surface area contributed by atoms with Crippen LogP contribution in [0.4, 0.5) is 0 Å². The van der Waals surface area contributed by atoms with E-state index in [4.69, 9.17) is 13.6 Å². The predicted molar refractivity (Wildman–Crippen MR) is 139 cm³/mol. The quantitative estimate of drug-likeness (QED) is 0.333. The number of furan rings is 1. The van der Waals surface area contributed by atoms with Crippen LogP contribution in [0.15, 0.2) is 51.3 Å². The van der Waals surface area contributed by atoms with E-state index in [2.05, 4.69) is 47.1 Å². The summed E-state index contributed by atoms with van der Waals surface area (Å²) in [7, 11) is 0. The molecule has 1 atom stereocenters. The number of piperidine rings is 1. The van der Waals surface area contributed by atoms with Crippen LogP contribution >= 0.6 is 0 Å². The van der Waals surface area contributed by atoms with Crippen LogP contribution in [-0.4, -0.2) is 52.5 Å². The highest BCUT2D eigenvalue weighted by atomic mass is 16.5. The molecule has 1 fully saturated rings. The van der Waals surface area contributed by atoms with Crippen molar-refractivity contribution in [3.63, 3.8) is 0 Å². The molecule has 1 aliphatic heterocycles. The number of hydrogen-bond acceptors (Lipinski definition) is 7. The van der Waals surface area contributed by atoms with Gasteiger partial charge in [0.2, 0.25) is 5.89 Å². The van der Waals surface area contributed by atoms with E-state index >= 15 is 0 Å². The van der Waals surface area contributed by atoms with Crippen molar-refractivity contribution < 1.29 is 18.7 Å². The zero-order chi connectivity index (χ0) is 25.2. The summed E-state index contributed by atoms with van der Waals surface area (Å²) in [5.74, 6) is 2.84. The van der Waals surface area contributed by atoms with E-state index in [0.29, 0.717) is 41.3 Å². The summed E-state index contributed by atoms with van der Waals surface area (Å²) >= 11 is 0. The molecule has 1 aliphatic rings. The van der Waals surface area contributed by atoms with Crippen LogP contribution in [0.25, 0.3) is 22.6 Å². The summed E-state index contributed by atoms with van der Waals surface area (Å²) in [5.41, 5.74) is 4.82. The van der Waals surface area contributed by atoms with Crippen LogP contribution in [0.1, 0.15) is 61.1 Å². The van der Waals surface area contributed by atoms with Gasteiger partial charge in [-0.15, -0.1) is 10.2 Å². The number of hydrogen-bond donors (Lipinski definition) is 1. The summed E-state index contributed by atoms with van der Waals surface area (Å²) in [5, 5.41) is 19.7. The molecular formula is C29H35N3O4. The minimum absolute atomic E-state index is 0.147. The fourth-order valence-electron chi connectivity index (χ4n) is 4.84. The van der Waals surface area contributed by atoms with Crippen molar-refractivity contribution in [2.75, 3.05) is 26.2 Å². The van der Waals surface area contributed by atoms with Crippen molar-refractivity contribution in [2.45, 2.75) is 58.5 Å². The molecule has 0 spiro atoms. The van der Waals surface area contributed by atoms with Crippen molar-refractivity contribution in [1.29, 1.82) is 0 Å². The Hall–Kier alpha value is -3.16. The van der Waals surface area contributed by atoms with E-state index in [-0.39, 0.29) is 12.5 Å². The van der Waals surface area contributed by atoms with Gasteiger partial charge in [-0.05, 0) is 74.5 Å². The van der Waals surface area contributed by atoms with Crippen molar-refractivity contribution in [2.24, 2.45) is 0 Å². The van der Waals surface area contributed by atoms with Crippen molar-refractivity contribution in [1.82, 2.24) is 15.1 Å². The maximum atomic E-state index is 10.7. The molecule has 2 aromatic carbocycles. The van der Waals surface area contributed by atoms with Crippen molar-refractivity contribution in [3.05, 3.63) is 65.0 Å². The number of β-amino-alcohol motifs (C(OH)–C–C–N with tert-alkyl or cyclic N) is 1. The molecule has 0 saturated carbocycles. The van der Waals surface area contributed by atoms with Gasteiger partial charge < -0.3 is 23.6 Å². The van der Waals surface area contributed by atoms with Crippen molar-refractivity contribution in [3.8, 4) is 17.4 Å². The van der Waals surface area contributed by atoms with Gasteiger partial charge in [0.05, 0.1) is 5.39 Å². The summed E-state index contributed by atoms with van der Waals surface area (Å²) in [6.07, 6.45) is 1.65. The standard InChI is InChI=1S/C29H35N3O4/c1-18(2)28-30-31-29(36-28)27-15-24-25(6-5-7-26(24)35-27)34-17-23(33)16-32-12-10-21(11-13-32)22-9-8-19(3)20(4)14-22/h5-9,14-15,18,21,23,33H,10-13,16-17H2,1-4H3. The molecule has 0 amide bonds. The van der Waals surface area contributed by atoms with Gasteiger partial charge in [0, 0.05) is 18.5 Å². The van der Waals surface area contributed by atoms with Gasteiger partial charge in [-0.3, -0.25) is 0 Å². The second-order valence-corrected chi connectivity index (χ2v) is 10.3. The lowest BCUT2D eigenvalue weighted by Gasteiger charge is -2.33. The van der Waals surface area contributed by atoms with Gasteiger partial charge in [0.25, 0.3) is 5.89 Å². The largest absolute Gasteiger partial charge is 0.490 e. The van der Waals surface area contributed by atoms with Crippen LogP contribution in [0.5, 0.6) is 5.75 Å². The average molecular weight is 490 g/mol. The summed E-state index contributed by atoms with van der Waals surface area (Å²) < 4.78 is 17.7. The molecule has 0 aliphatic carbocycles. The van der Waals surface area contributed by atoms with Crippen LogP contribution in [0, 0.1) is 13.8 Å². The molecule has 1 N–H and O–H groups in total. The predicted octanol–water partition coefficient (Wildman–Crippen LogP) is 5.84. The fraction of sp³-hybridized carbons (Fsp3) is 0.448. The van der Waals surface area contributed by atoms with E-state index in [9.17, 15) is 5.11 Å². The zero-order valence-corrected chi connectivity index (χ0v) is 21.5. The maximum Gasteiger partial charge on any atom is 0.283 e. The lowest BCUT2D eigenvalue weighted by Crippen LogP contribution is -2.40. The first kappa shape index (κ1) is 24.5. The second kappa shape index (κ2) is 10.4. The van der Waals surface area contributed by atoms with E-state index in [1.807, 2.05) is 38.1 Å². The molecule has 1 saturated heterocycles. The number of nitrogens with zero attached hydrogens (tertiary/aromatic N) is 3. The Morgan fingerprint density at radius 1 is 1.03 bits per heavy atom. The van der Waals surface area contributed by atoms with E-state index in [1.54, 1.807) is 0 Å². The maximum absolute atomic E-state index is 10.7. The Kier molecular flexibility index (Phi) is 7.12. The molecule has 1 unspecified atom stereocenters. The molecular weight excluding hydrogens is 454 g/mol. The van der Waals surface area contributed by atoms with Crippen LogP contribution in [-0.2, 0) is 0 Å². The topological polar surface area (TPSA) is 84.8 Å². The molecule has 0 radical (unpaired) electrons. The van der Waals surface area contributed by atoms with E-state index in [1.165, 1.54) is 16.7 Å². The Bertz CT molecular complexity index is 1320. The lowest BCUT2D eigenvalue weighted by molar-refractivity contribution is 0.0599. The van der Waals surface area contributed by atoms with Gasteiger partial charge in [0.1, 0.15) is 24.0 Å². The number of aryl methyl sites for hydroxylation is 2. The first-order valence-corrected chi connectivity index (χ1v) is 12.8. The van der Waals surface area contributed by atoms with E-state index < -0.39 is 6.10 Å². The summed E-state index contributed by atoms with van der Waals surface area (Å²) in [6.45, 7) is 11.1. The van der Waals surface area contributed by atoms with Crippen LogP contribution in [0.3, 0.4) is 0 Å².